The van der Waals surface area contributed by atoms with Crippen molar-refractivity contribution >= 4 is 0 Å². The molecule has 0 radical (unpaired) electrons. The lowest BCUT2D eigenvalue weighted by molar-refractivity contribution is 0.357. The second-order valence-corrected chi connectivity index (χ2v) is 10.7. The molecule has 0 heterocycles. The van der Waals surface area contributed by atoms with Crippen LogP contribution >= 0.6 is 0 Å². The number of phenols is 1. The average Bonchev–Trinajstić information content (AvgIpc) is 3.32. The summed E-state index contributed by atoms with van der Waals surface area (Å²) in [4.78, 5) is 0. The van der Waals surface area contributed by atoms with Crippen LogP contribution in [0.2, 0.25) is 0 Å². The van der Waals surface area contributed by atoms with Gasteiger partial charge < -0.3 is 5.11 Å². The summed E-state index contributed by atoms with van der Waals surface area (Å²) in [6.45, 7) is 9.45. The van der Waals surface area contributed by atoms with E-state index in [-0.39, 0.29) is 0 Å². The van der Waals surface area contributed by atoms with Crippen molar-refractivity contribution < 1.29 is 5.11 Å². The second kappa shape index (κ2) is 10.5. The van der Waals surface area contributed by atoms with Gasteiger partial charge in [-0.15, -0.1) is 0 Å². The van der Waals surface area contributed by atoms with E-state index in [1.165, 1.54) is 94.6 Å². The molecule has 1 fully saturated rings. The first kappa shape index (κ1) is 22.3. The van der Waals surface area contributed by atoms with Gasteiger partial charge in [-0.3, -0.25) is 0 Å². The van der Waals surface area contributed by atoms with E-state index in [0.717, 1.165) is 6.42 Å². The summed E-state index contributed by atoms with van der Waals surface area (Å²) < 4.78 is 0. The Morgan fingerprint density at radius 3 is 2.04 bits per heavy atom. The summed E-state index contributed by atoms with van der Waals surface area (Å²) in [7, 11) is 0. The van der Waals surface area contributed by atoms with Gasteiger partial charge in [0.2, 0.25) is 0 Å². The predicted molar refractivity (Wildman–Crippen MR) is 118 cm³/mol. The summed E-state index contributed by atoms with van der Waals surface area (Å²) in [6.07, 6.45) is 18.6. The van der Waals surface area contributed by atoms with Crippen LogP contribution in [-0.4, -0.2) is 5.11 Å². The Morgan fingerprint density at radius 1 is 0.815 bits per heavy atom. The van der Waals surface area contributed by atoms with E-state index < -0.39 is 0 Å². The third-order valence-corrected chi connectivity index (χ3v) is 6.39. The third-order valence-electron chi connectivity index (χ3n) is 6.39. The summed E-state index contributed by atoms with van der Waals surface area (Å²) in [6, 6.07) is 6.04. The van der Waals surface area contributed by atoms with Crippen molar-refractivity contribution in [3.8, 4) is 5.75 Å². The van der Waals surface area contributed by atoms with Gasteiger partial charge in [0.25, 0.3) is 0 Å². The molecule has 1 N–H and O–H groups in total. The monoisotopic (exact) mass is 372 g/mol. The van der Waals surface area contributed by atoms with Crippen molar-refractivity contribution in [1.29, 1.82) is 0 Å². The minimum Gasteiger partial charge on any atom is -0.508 e. The van der Waals surface area contributed by atoms with Crippen molar-refractivity contribution in [3.05, 3.63) is 29.3 Å². The lowest BCUT2D eigenvalue weighted by Crippen LogP contribution is -2.04. The van der Waals surface area contributed by atoms with Crippen LogP contribution in [-0.2, 0) is 12.8 Å². The maximum atomic E-state index is 9.89. The second-order valence-electron chi connectivity index (χ2n) is 10.7. The zero-order valence-corrected chi connectivity index (χ0v) is 18.6. The normalized spacial score (nSPS) is 15.9. The number of aromatic hydroxyl groups is 1. The zero-order valence-electron chi connectivity index (χ0n) is 18.6. The number of benzene rings is 1. The van der Waals surface area contributed by atoms with Gasteiger partial charge in [0.1, 0.15) is 5.75 Å². The van der Waals surface area contributed by atoms with Crippen LogP contribution in [0.5, 0.6) is 5.75 Å². The van der Waals surface area contributed by atoms with E-state index in [1.54, 1.807) is 0 Å². The van der Waals surface area contributed by atoms with Crippen LogP contribution in [0.4, 0.5) is 0 Å². The quantitative estimate of drug-likeness (QED) is 0.346. The molecule has 1 heteroatoms. The van der Waals surface area contributed by atoms with E-state index in [2.05, 4.69) is 33.8 Å². The first-order valence-electron chi connectivity index (χ1n) is 11.6. The van der Waals surface area contributed by atoms with Crippen LogP contribution in [0.1, 0.15) is 116 Å². The summed E-state index contributed by atoms with van der Waals surface area (Å²) >= 11 is 0. The molecule has 0 spiro atoms. The van der Waals surface area contributed by atoms with Gasteiger partial charge in [-0.1, -0.05) is 72.3 Å². The lowest BCUT2D eigenvalue weighted by atomic mass is 9.89. The highest BCUT2D eigenvalue weighted by molar-refractivity contribution is 5.35. The molecule has 0 saturated heterocycles. The Hall–Kier alpha value is -0.980. The minimum absolute atomic E-state index is 0.431. The van der Waals surface area contributed by atoms with Gasteiger partial charge in [0, 0.05) is 0 Å². The van der Waals surface area contributed by atoms with Gasteiger partial charge in [0.15, 0.2) is 0 Å². The van der Waals surface area contributed by atoms with Crippen LogP contribution in [0, 0.1) is 10.8 Å². The molecule has 0 unspecified atom stereocenters. The summed E-state index contributed by atoms with van der Waals surface area (Å²) in [5.41, 5.74) is 4.04. The molecule has 0 bridgehead atoms. The summed E-state index contributed by atoms with van der Waals surface area (Å²) in [5.74, 6) is 0.431. The molecular formula is C26H44O. The number of rotatable bonds is 13. The minimum atomic E-state index is 0.431. The average molecular weight is 373 g/mol. The van der Waals surface area contributed by atoms with Crippen molar-refractivity contribution in [2.75, 3.05) is 0 Å². The van der Waals surface area contributed by atoms with E-state index >= 15 is 0 Å². The molecule has 27 heavy (non-hydrogen) atoms. The van der Waals surface area contributed by atoms with Gasteiger partial charge >= 0.3 is 0 Å². The zero-order chi connectivity index (χ0) is 19.8. The standard InChI is InChI=1S/C26H44O/c1-25(2,3)17-11-7-5-9-13-22-15-16-24(27)21-23(22)14-10-6-8-12-18-26(4)19-20-26/h15-16,21,27H,5-14,17-20H2,1-4H3. The fourth-order valence-electron chi connectivity index (χ4n) is 4.10. The highest BCUT2D eigenvalue weighted by atomic mass is 16.3. The molecule has 1 aromatic rings. The number of phenolic OH excluding ortho intramolecular Hbond substituents is 1. The van der Waals surface area contributed by atoms with Crippen molar-refractivity contribution in [2.45, 2.75) is 118 Å². The van der Waals surface area contributed by atoms with Crippen LogP contribution in [0.25, 0.3) is 0 Å². The van der Waals surface area contributed by atoms with Crippen LogP contribution in [0.15, 0.2) is 18.2 Å². The predicted octanol–water partition coefficient (Wildman–Crippen LogP) is 8.22. The topological polar surface area (TPSA) is 20.2 Å². The number of unbranched alkanes of at least 4 members (excludes halogenated alkanes) is 6. The highest BCUT2D eigenvalue weighted by Gasteiger charge is 2.35. The highest BCUT2D eigenvalue weighted by Crippen LogP contribution is 2.49. The van der Waals surface area contributed by atoms with E-state index in [9.17, 15) is 5.11 Å². The van der Waals surface area contributed by atoms with Crippen LogP contribution < -0.4 is 0 Å². The van der Waals surface area contributed by atoms with E-state index in [1.807, 2.05) is 12.1 Å². The Kier molecular flexibility index (Phi) is 8.70. The number of aryl methyl sites for hydroxylation is 2. The van der Waals surface area contributed by atoms with Crippen LogP contribution in [0.3, 0.4) is 0 Å². The number of hydrogen-bond donors (Lipinski definition) is 1. The molecule has 1 nitrogen and oxygen atoms in total. The Bertz CT molecular complexity index is 548. The Balaban J connectivity index is 1.63. The largest absolute Gasteiger partial charge is 0.508 e. The van der Waals surface area contributed by atoms with Crippen molar-refractivity contribution in [2.24, 2.45) is 10.8 Å². The van der Waals surface area contributed by atoms with Gasteiger partial charge in [0.05, 0.1) is 0 Å². The van der Waals surface area contributed by atoms with Crippen molar-refractivity contribution in [1.82, 2.24) is 0 Å². The molecular weight excluding hydrogens is 328 g/mol. The molecule has 1 aliphatic rings. The van der Waals surface area contributed by atoms with Gasteiger partial charge in [-0.05, 0) is 85.5 Å². The molecule has 1 saturated carbocycles. The Morgan fingerprint density at radius 2 is 1.41 bits per heavy atom. The maximum Gasteiger partial charge on any atom is 0.115 e. The fourth-order valence-corrected chi connectivity index (χ4v) is 4.10. The van der Waals surface area contributed by atoms with Crippen molar-refractivity contribution in [3.63, 3.8) is 0 Å². The van der Waals surface area contributed by atoms with Gasteiger partial charge in [-0.2, -0.15) is 0 Å². The maximum absolute atomic E-state index is 9.89. The lowest BCUT2D eigenvalue weighted by Gasteiger charge is -2.17. The summed E-state index contributed by atoms with van der Waals surface area (Å²) in [5, 5.41) is 9.89. The van der Waals surface area contributed by atoms with E-state index in [4.69, 9.17) is 0 Å². The molecule has 154 valence electrons. The molecule has 0 aliphatic heterocycles. The van der Waals surface area contributed by atoms with Gasteiger partial charge in [-0.25, -0.2) is 0 Å². The molecule has 2 rings (SSSR count). The SMILES string of the molecule is CC(C)(C)CCCCCCc1ccc(O)cc1CCCCCCC1(C)CC1. The molecule has 0 aromatic heterocycles. The first-order chi connectivity index (χ1) is 12.8. The number of hydrogen-bond acceptors (Lipinski definition) is 1. The molecule has 1 aliphatic carbocycles. The first-order valence-corrected chi connectivity index (χ1v) is 11.6. The molecule has 0 amide bonds. The fraction of sp³-hybridized carbons (Fsp3) is 0.769. The molecule has 1 aromatic carbocycles. The van der Waals surface area contributed by atoms with E-state index in [0.29, 0.717) is 16.6 Å². The smallest absolute Gasteiger partial charge is 0.115 e. The molecule has 0 atom stereocenters. The Labute approximate surface area is 169 Å². The third kappa shape index (κ3) is 9.67.